The van der Waals surface area contributed by atoms with E-state index in [1.807, 2.05) is 19.1 Å². The van der Waals surface area contributed by atoms with Gasteiger partial charge in [-0.15, -0.1) is 0 Å². The molecule has 0 aliphatic rings. The van der Waals surface area contributed by atoms with Crippen LogP contribution < -0.4 is 10.1 Å². The van der Waals surface area contributed by atoms with Gasteiger partial charge in [0.25, 0.3) is 0 Å². The molecule has 2 aromatic rings. The van der Waals surface area contributed by atoms with Crippen molar-refractivity contribution in [1.82, 2.24) is 5.32 Å². The molecule has 0 aliphatic heterocycles. The maximum Gasteiger partial charge on any atom is 0.120 e. The van der Waals surface area contributed by atoms with Crippen molar-refractivity contribution in [2.24, 2.45) is 0 Å². The number of thiophene rings is 1. The Morgan fingerprint density at radius 2 is 2.05 bits per heavy atom. The maximum atomic E-state index is 5.55. The van der Waals surface area contributed by atoms with Crippen molar-refractivity contribution in [3.05, 3.63) is 50.1 Å². The summed E-state index contributed by atoms with van der Waals surface area (Å²) in [5, 5.41) is 7.99. The smallest absolute Gasteiger partial charge is 0.120 e. The number of rotatable bonds is 6. The first-order chi connectivity index (χ1) is 9.67. The molecule has 1 aromatic carbocycles. The molecule has 0 bridgehead atoms. The summed E-state index contributed by atoms with van der Waals surface area (Å²) in [6, 6.07) is 6.44. The Bertz CT molecular complexity index is 567. The minimum absolute atomic E-state index is 0.219. The van der Waals surface area contributed by atoms with Gasteiger partial charge >= 0.3 is 0 Å². The van der Waals surface area contributed by atoms with Crippen molar-refractivity contribution in [1.29, 1.82) is 0 Å². The van der Waals surface area contributed by atoms with Crippen molar-refractivity contribution < 1.29 is 4.74 Å². The highest BCUT2D eigenvalue weighted by atomic mass is 79.9. The third-order valence-corrected chi connectivity index (χ3v) is 4.77. The van der Waals surface area contributed by atoms with E-state index in [4.69, 9.17) is 4.74 Å². The van der Waals surface area contributed by atoms with E-state index in [0.29, 0.717) is 6.61 Å². The van der Waals surface area contributed by atoms with Crippen molar-refractivity contribution in [2.45, 2.75) is 26.8 Å². The summed E-state index contributed by atoms with van der Waals surface area (Å²) in [5.41, 5.74) is 3.93. The highest BCUT2D eigenvalue weighted by Gasteiger charge is 2.18. The molecule has 1 N–H and O–H groups in total. The van der Waals surface area contributed by atoms with Gasteiger partial charge in [0.2, 0.25) is 0 Å². The van der Waals surface area contributed by atoms with Crippen molar-refractivity contribution in [3.8, 4) is 5.75 Å². The van der Waals surface area contributed by atoms with Gasteiger partial charge in [-0.3, -0.25) is 0 Å². The summed E-state index contributed by atoms with van der Waals surface area (Å²) in [4.78, 5) is 0. The molecule has 1 unspecified atom stereocenters. The number of benzene rings is 1. The number of hydrogen-bond acceptors (Lipinski definition) is 3. The molecule has 0 fully saturated rings. The molecule has 0 spiro atoms. The van der Waals surface area contributed by atoms with E-state index in [9.17, 15) is 0 Å². The van der Waals surface area contributed by atoms with Gasteiger partial charge in [0.15, 0.2) is 0 Å². The van der Waals surface area contributed by atoms with E-state index in [-0.39, 0.29) is 6.04 Å². The quantitative estimate of drug-likeness (QED) is 0.795. The molecule has 1 atom stereocenters. The SMILES string of the molecule is CCNC(c1cscc1C)c1ccc(OCC)cc1Br. The molecular weight excluding hydrogens is 334 g/mol. The van der Waals surface area contributed by atoms with E-state index in [1.165, 1.54) is 16.7 Å². The molecule has 0 aliphatic carbocycles. The van der Waals surface area contributed by atoms with E-state index in [0.717, 1.165) is 16.8 Å². The number of aryl methyl sites for hydroxylation is 1. The van der Waals surface area contributed by atoms with Crippen LogP contribution in [0.15, 0.2) is 33.4 Å². The van der Waals surface area contributed by atoms with E-state index >= 15 is 0 Å². The fourth-order valence-electron chi connectivity index (χ4n) is 2.26. The first-order valence-electron chi connectivity index (χ1n) is 6.85. The maximum absolute atomic E-state index is 5.55. The third kappa shape index (κ3) is 3.43. The molecule has 4 heteroatoms. The first kappa shape index (κ1) is 15.5. The zero-order chi connectivity index (χ0) is 14.5. The topological polar surface area (TPSA) is 21.3 Å². The Kier molecular flexibility index (Phi) is 5.64. The highest BCUT2D eigenvalue weighted by molar-refractivity contribution is 9.10. The summed E-state index contributed by atoms with van der Waals surface area (Å²) >= 11 is 5.43. The van der Waals surface area contributed by atoms with E-state index in [1.54, 1.807) is 11.3 Å². The lowest BCUT2D eigenvalue weighted by Crippen LogP contribution is -2.22. The lowest BCUT2D eigenvalue weighted by atomic mass is 9.98. The lowest BCUT2D eigenvalue weighted by Gasteiger charge is -2.20. The summed E-state index contributed by atoms with van der Waals surface area (Å²) < 4.78 is 6.63. The van der Waals surface area contributed by atoms with Crippen LogP contribution >= 0.6 is 27.3 Å². The molecule has 0 amide bonds. The van der Waals surface area contributed by atoms with Crippen LogP contribution in [-0.4, -0.2) is 13.2 Å². The lowest BCUT2D eigenvalue weighted by molar-refractivity contribution is 0.340. The average molecular weight is 354 g/mol. The fraction of sp³-hybridized carbons (Fsp3) is 0.375. The zero-order valence-electron chi connectivity index (χ0n) is 12.1. The Labute approximate surface area is 133 Å². The van der Waals surface area contributed by atoms with Crippen LogP contribution in [0.5, 0.6) is 5.75 Å². The molecule has 2 rings (SSSR count). The van der Waals surface area contributed by atoms with Gasteiger partial charge in [-0.25, -0.2) is 0 Å². The molecule has 0 radical (unpaired) electrons. The number of halogens is 1. The molecular formula is C16H20BrNOS. The van der Waals surface area contributed by atoms with Gasteiger partial charge in [0.05, 0.1) is 12.6 Å². The predicted molar refractivity (Wildman–Crippen MR) is 89.9 cm³/mol. The average Bonchev–Trinajstić information content (AvgIpc) is 2.83. The minimum atomic E-state index is 0.219. The number of hydrogen-bond donors (Lipinski definition) is 1. The Morgan fingerprint density at radius 1 is 1.25 bits per heavy atom. The first-order valence-corrected chi connectivity index (χ1v) is 8.59. The molecule has 20 heavy (non-hydrogen) atoms. The zero-order valence-corrected chi connectivity index (χ0v) is 14.5. The summed E-state index contributed by atoms with van der Waals surface area (Å²) in [6.45, 7) is 7.92. The Morgan fingerprint density at radius 3 is 2.60 bits per heavy atom. The number of ether oxygens (including phenoxy) is 1. The van der Waals surface area contributed by atoms with E-state index < -0.39 is 0 Å². The summed E-state index contributed by atoms with van der Waals surface area (Å²) in [7, 11) is 0. The molecule has 0 saturated heterocycles. The van der Waals surface area contributed by atoms with Crippen LogP contribution in [0.1, 0.15) is 36.6 Å². The second-order valence-electron chi connectivity index (χ2n) is 4.62. The molecule has 1 heterocycles. The highest BCUT2D eigenvalue weighted by Crippen LogP contribution is 2.34. The van der Waals surface area contributed by atoms with Crippen LogP contribution in [0, 0.1) is 6.92 Å². The monoisotopic (exact) mass is 353 g/mol. The molecule has 108 valence electrons. The molecule has 2 nitrogen and oxygen atoms in total. The van der Waals surface area contributed by atoms with Crippen LogP contribution in [0.2, 0.25) is 0 Å². The van der Waals surface area contributed by atoms with Gasteiger partial charge in [-0.2, -0.15) is 11.3 Å². The van der Waals surface area contributed by atoms with Gasteiger partial charge in [-0.1, -0.05) is 28.9 Å². The van der Waals surface area contributed by atoms with Gasteiger partial charge in [0, 0.05) is 4.47 Å². The number of nitrogens with one attached hydrogen (secondary N) is 1. The van der Waals surface area contributed by atoms with Gasteiger partial charge in [0.1, 0.15) is 5.75 Å². The Balaban J connectivity index is 2.37. The normalized spacial score (nSPS) is 12.4. The third-order valence-electron chi connectivity index (χ3n) is 3.21. The molecule has 0 saturated carbocycles. The van der Waals surface area contributed by atoms with E-state index in [2.05, 4.69) is 51.9 Å². The fourth-order valence-corrected chi connectivity index (χ4v) is 3.72. The van der Waals surface area contributed by atoms with Crippen LogP contribution in [0.4, 0.5) is 0 Å². The standard InChI is InChI=1S/C16H20BrNOS/c1-4-18-16(14-10-20-9-11(14)3)13-7-6-12(19-5-2)8-15(13)17/h6-10,16,18H,4-5H2,1-3H3. The Hall–Kier alpha value is -0.840. The van der Waals surface area contributed by atoms with Crippen molar-refractivity contribution in [3.63, 3.8) is 0 Å². The van der Waals surface area contributed by atoms with Crippen LogP contribution in [0.3, 0.4) is 0 Å². The van der Waals surface area contributed by atoms with Crippen molar-refractivity contribution in [2.75, 3.05) is 13.2 Å². The van der Waals surface area contributed by atoms with Gasteiger partial charge < -0.3 is 10.1 Å². The second kappa shape index (κ2) is 7.25. The van der Waals surface area contributed by atoms with Crippen LogP contribution in [0.25, 0.3) is 0 Å². The van der Waals surface area contributed by atoms with Crippen LogP contribution in [-0.2, 0) is 0 Å². The minimum Gasteiger partial charge on any atom is -0.494 e. The van der Waals surface area contributed by atoms with Crippen molar-refractivity contribution >= 4 is 27.3 Å². The van der Waals surface area contributed by atoms with Gasteiger partial charge in [-0.05, 0) is 60.0 Å². The summed E-state index contributed by atoms with van der Waals surface area (Å²) in [5.74, 6) is 0.903. The molecule has 1 aromatic heterocycles. The predicted octanol–water partition coefficient (Wildman–Crippen LogP) is 4.92. The largest absolute Gasteiger partial charge is 0.494 e. The summed E-state index contributed by atoms with van der Waals surface area (Å²) in [6.07, 6.45) is 0. The second-order valence-corrected chi connectivity index (χ2v) is 6.22.